The zero-order valence-electron chi connectivity index (χ0n) is 11.4. The summed E-state index contributed by atoms with van der Waals surface area (Å²) < 4.78 is 26.1. The van der Waals surface area contributed by atoms with Gasteiger partial charge in [0.2, 0.25) is 11.8 Å². The molecule has 0 saturated carbocycles. The van der Waals surface area contributed by atoms with Crippen molar-refractivity contribution < 1.29 is 18.0 Å². The summed E-state index contributed by atoms with van der Waals surface area (Å²) >= 11 is 0. The van der Waals surface area contributed by atoms with Crippen LogP contribution in [-0.2, 0) is 19.8 Å². The Labute approximate surface area is 113 Å². The van der Waals surface area contributed by atoms with Gasteiger partial charge in [-0.25, -0.2) is 0 Å². The molecule has 9 heteroatoms. The fraction of sp³-hybridized carbons (Fsp3) is 0.800. The van der Waals surface area contributed by atoms with Gasteiger partial charge in [0.25, 0.3) is 10.2 Å². The average molecular weight is 292 g/mol. The molecule has 0 aromatic heterocycles. The van der Waals surface area contributed by atoms with Crippen LogP contribution in [-0.4, -0.2) is 81.2 Å². The van der Waals surface area contributed by atoms with E-state index in [0.29, 0.717) is 26.2 Å². The van der Waals surface area contributed by atoms with Crippen LogP contribution in [0, 0.1) is 0 Å². The minimum absolute atomic E-state index is 0.0135. The molecule has 1 aliphatic rings. The largest absolute Gasteiger partial charge is 0.339 e. The standard InChI is InChI=1S/C10H20N4O4S/c1-9(15)13-4-6-14(7-5-13)10(16)8-11-19(17,18)12(2)3/h11H,4-8H2,1-3H3. The predicted octanol–water partition coefficient (Wildman–Crippen LogP) is -1.93. The summed E-state index contributed by atoms with van der Waals surface area (Å²) in [4.78, 5) is 26.2. The van der Waals surface area contributed by atoms with Crippen molar-refractivity contribution in [3.05, 3.63) is 0 Å². The molecule has 19 heavy (non-hydrogen) atoms. The monoisotopic (exact) mass is 292 g/mol. The van der Waals surface area contributed by atoms with Crippen LogP contribution in [0.15, 0.2) is 0 Å². The van der Waals surface area contributed by atoms with Gasteiger partial charge in [0, 0.05) is 47.2 Å². The van der Waals surface area contributed by atoms with Crippen molar-refractivity contribution in [3.63, 3.8) is 0 Å². The van der Waals surface area contributed by atoms with Crippen molar-refractivity contribution in [3.8, 4) is 0 Å². The molecule has 1 N–H and O–H groups in total. The molecule has 0 aromatic carbocycles. The van der Waals surface area contributed by atoms with Gasteiger partial charge in [-0.15, -0.1) is 0 Å². The highest BCUT2D eigenvalue weighted by Gasteiger charge is 2.23. The Hall–Kier alpha value is -1.19. The van der Waals surface area contributed by atoms with E-state index in [-0.39, 0.29) is 18.4 Å². The van der Waals surface area contributed by atoms with Gasteiger partial charge in [-0.1, -0.05) is 0 Å². The quantitative estimate of drug-likeness (QED) is 0.653. The van der Waals surface area contributed by atoms with Crippen LogP contribution in [0.3, 0.4) is 0 Å². The van der Waals surface area contributed by atoms with Gasteiger partial charge in [0.05, 0.1) is 6.54 Å². The minimum atomic E-state index is -3.58. The average Bonchev–Trinajstić information content (AvgIpc) is 2.36. The third kappa shape index (κ3) is 4.44. The highest BCUT2D eigenvalue weighted by Crippen LogP contribution is 2.02. The molecule has 1 rings (SSSR count). The first-order chi connectivity index (χ1) is 8.74. The Morgan fingerprint density at radius 1 is 1.11 bits per heavy atom. The molecule has 0 radical (unpaired) electrons. The van der Waals surface area contributed by atoms with E-state index in [1.54, 1.807) is 9.80 Å². The van der Waals surface area contributed by atoms with E-state index in [0.717, 1.165) is 4.31 Å². The zero-order valence-corrected chi connectivity index (χ0v) is 12.2. The van der Waals surface area contributed by atoms with E-state index < -0.39 is 10.2 Å². The van der Waals surface area contributed by atoms with Gasteiger partial charge in [-0.2, -0.15) is 17.4 Å². The molecular weight excluding hydrogens is 272 g/mol. The summed E-state index contributed by atoms with van der Waals surface area (Å²) in [5.74, 6) is -0.297. The van der Waals surface area contributed by atoms with E-state index >= 15 is 0 Å². The number of rotatable bonds is 4. The summed E-state index contributed by atoms with van der Waals surface area (Å²) in [6.07, 6.45) is 0. The van der Waals surface area contributed by atoms with Crippen LogP contribution in [0.25, 0.3) is 0 Å². The van der Waals surface area contributed by atoms with Gasteiger partial charge in [0.1, 0.15) is 0 Å². The number of hydrogen-bond acceptors (Lipinski definition) is 4. The lowest BCUT2D eigenvalue weighted by Gasteiger charge is -2.34. The molecule has 1 heterocycles. The summed E-state index contributed by atoms with van der Waals surface area (Å²) in [6.45, 7) is 3.07. The summed E-state index contributed by atoms with van der Waals surface area (Å²) in [6, 6.07) is 0. The third-order valence-electron chi connectivity index (χ3n) is 2.96. The molecular formula is C10H20N4O4S. The summed E-state index contributed by atoms with van der Waals surface area (Å²) in [5.41, 5.74) is 0. The SMILES string of the molecule is CC(=O)N1CCN(C(=O)CNS(=O)(=O)N(C)C)CC1. The van der Waals surface area contributed by atoms with Crippen molar-refractivity contribution in [2.45, 2.75) is 6.92 Å². The number of amides is 2. The maximum atomic E-state index is 11.8. The fourth-order valence-corrected chi connectivity index (χ4v) is 2.23. The van der Waals surface area contributed by atoms with Gasteiger partial charge in [-0.3, -0.25) is 9.59 Å². The van der Waals surface area contributed by atoms with Crippen LogP contribution in [0.2, 0.25) is 0 Å². The van der Waals surface area contributed by atoms with E-state index in [9.17, 15) is 18.0 Å². The van der Waals surface area contributed by atoms with E-state index in [1.807, 2.05) is 0 Å². The Bertz CT molecular complexity index is 440. The number of carbonyl (C=O) groups is 2. The summed E-state index contributed by atoms with van der Waals surface area (Å²) in [7, 11) is -0.810. The number of carbonyl (C=O) groups excluding carboxylic acids is 2. The molecule has 0 unspecified atom stereocenters. The first kappa shape index (κ1) is 15.9. The molecule has 1 fully saturated rings. The smallest absolute Gasteiger partial charge is 0.279 e. The van der Waals surface area contributed by atoms with Gasteiger partial charge >= 0.3 is 0 Å². The van der Waals surface area contributed by atoms with Crippen LogP contribution >= 0.6 is 0 Å². The number of nitrogens with one attached hydrogen (secondary N) is 1. The lowest BCUT2D eigenvalue weighted by Crippen LogP contribution is -2.52. The normalized spacial score (nSPS) is 16.8. The van der Waals surface area contributed by atoms with Crippen molar-refractivity contribution in [2.24, 2.45) is 0 Å². The Kier molecular flexibility index (Phi) is 5.27. The maximum Gasteiger partial charge on any atom is 0.279 e. The lowest BCUT2D eigenvalue weighted by atomic mass is 10.3. The number of piperazine rings is 1. The third-order valence-corrected chi connectivity index (χ3v) is 4.43. The van der Waals surface area contributed by atoms with Crippen molar-refractivity contribution in [1.82, 2.24) is 18.8 Å². The van der Waals surface area contributed by atoms with E-state index in [2.05, 4.69) is 4.72 Å². The lowest BCUT2D eigenvalue weighted by molar-refractivity contribution is -0.137. The number of nitrogens with zero attached hydrogens (tertiary/aromatic N) is 3. The molecule has 0 bridgehead atoms. The van der Waals surface area contributed by atoms with Crippen molar-refractivity contribution >= 4 is 22.0 Å². The highest BCUT2D eigenvalue weighted by atomic mass is 32.2. The fourth-order valence-electron chi connectivity index (χ4n) is 1.66. The van der Waals surface area contributed by atoms with Crippen LogP contribution in [0.5, 0.6) is 0 Å². The van der Waals surface area contributed by atoms with Gasteiger partial charge in [0.15, 0.2) is 0 Å². The molecule has 0 spiro atoms. The highest BCUT2D eigenvalue weighted by molar-refractivity contribution is 7.87. The second-order valence-electron chi connectivity index (χ2n) is 4.50. The second-order valence-corrected chi connectivity index (χ2v) is 6.46. The van der Waals surface area contributed by atoms with Crippen LogP contribution < -0.4 is 4.72 Å². The molecule has 1 aliphatic heterocycles. The van der Waals surface area contributed by atoms with E-state index in [4.69, 9.17) is 0 Å². The maximum absolute atomic E-state index is 11.8. The van der Waals surface area contributed by atoms with Crippen molar-refractivity contribution in [1.29, 1.82) is 0 Å². The van der Waals surface area contributed by atoms with Gasteiger partial charge in [-0.05, 0) is 0 Å². The topological polar surface area (TPSA) is 90.0 Å². The number of hydrogen-bond donors (Lipinski definition) is 1. The molecule has 8 nitrogen and oxygen atoms in total. The van der Waals surface area contributed by atoms with Crippen LogP contribution in [0.4, 0.5) is 0 Å². The zero-order chi connectivity index (χ0) is 14.6. The Morgan fingerprint density at radius 2 is 1.58 bits per heavy atom. The first-order valence-electron chi connectivity index (χ1n) is 5.94. The second kappa shape index (κ2) is 6.31. The summed E-state index contributed by atoms with van der Waals surface area (Å²) in [5, 5.41) is 0. The Balaban J connectivity index is 2.42. The van der Waals surface area contributed by atoms with Gasteiger partial charge < -0.3 is 9.80 Å². The minimum Gasteiger partial charge on any atom is -0.339 e. The van der Waals surface area contributed by atoms with Crippen molar-refractivity contribution in [2.75, 3.05) is 46.8 Å². The molecule has 2 amide bonds. The molecule has 0 aromatic rings. The molecule has 0 aliphatic carbocycles. The first-order valence-corrected chi connectivity index (χ1v) is 7.38. The predicted molar refractivity (Wildman–Crippen MR) is 69.4 cm³/mol. The molecule has 110 valence electrons. The molecule has 0 atom stereocenters. The Morgan fingerprint density at radius 3 is 2.00 bits per heavy atom. The molecule has 1 saturated heterocycles. The van der Waals surface area contributed by atoms with Crippen LogP contribution in [0.1, 0.15) is 6.92 Å². The van der Waals surface area contributed by atoms with E-state index in [1.165, 1.54) is 21.0 Å².